The van der Waals surface area contributed by atoms with Crippen molar-refractivity contribution in [3.63, 3.8) is 0 Å². The summed E-state index contributed by atoms with van der Waals surface area (Å²) in [4.78, 5) is 13.1. The zero-order chi connectivity index (χ0) is 20.4. The van der Waals surface area contributed by atoms with Crippen molar-refractivity contribution < 1.29 is 23.8 Å². The van der Waals surface area contributed by atoms with Crippen LogP contribution in [-0.4, -0.2) is 24.2 Å². The molecule has 0 aliphatic carbocycles. The van der Waals surface area contributed by atoms with Gasteiger partial charge in [-0.25, -0.2) is 4.39 Å². The van der Waals surface area contributed by atoms with Crippen molar-refractivity contribution in [1.29, 1.82) is 0 Å². The Hall–Kier alpha value is -3.03. The summed E-state index contributed by atoms with van der Waals surface area (Å²) in [6.07, 6.45) is -1.35. The van der Waals surface area contributed by atoms with Crippen molar-refractivity contribution in [2.45, 2.75) is 16.2 Å². The van der Waals surface area contributed by atoms with Crippen LogP contribution in [0.1, 0.15) is 10.8 Å². The SMILES string of the molecule is COc1ccc([C@@H]2Sc3cc(Oc4ccccc4)ccc3NC(=O)[C@@H]2O)cc1F. The molecular formula is C22H18FNO4S. The number of carbonyl (C=O) groups excluding carboxylic acids is 1. The summed E-state index contributed by atoms with van der Waals surface area (Å²) in [6, 6.07) is 19.0. The number of anilines is 1. The fourth-order valence-electron chi connectivity index (χ4n) is 3.05. The van der Waals surface area contributed by atoms with Crippen molar-refractivity contribution in [2.24, 2.45) is 0 Å². The minimum Gasteiger partial charge on any atom is -0.494 e. The van der Waals surface area contributed by atoms with E-state index in [2.05, 4.69) is 5.32 Å². The monoisotopic (exact) mass is 411 g/mol. The van der Waals surface area contributed by atoms with Gasteiger partial charge in [0.25, 0.3) is 5.91 Å². The Morgan fingerprint density at radius 1 is 1.03 bits per heavy atom. The van der Waals surface area contributed by atoms with Gasteiger partial charge in [0.2, 0.25) is 0 Å². The van der Waals surface area contributed by atoms with E-state index in [4.69, 9.17) is 9.47 Å². The Morgan fingerprint density at radius 3 is 2.55 bits per heavy atom. The van der Waals surface area contributed by atoms with Crippen LogP contribution in [0.25, 0.3) is 0 Å². The van der Waals surface area contributed by atoms with Crippen molar-refractivity contribution in [2.75, 3.05) is 12.4 Å². The summed E-state index contributed by atoms with van der Waals surface area (Å²) in [5.41, 5.74) is 1.05. The molecule has 0 unspecified atom stereocenters. The van der Waals surface area contributed by atoms with E-state index in [-0.39, 0.29) is 5.75 Å². The lowest BCUT2D eigenvalue weighted by molar-refractivity contribution is -0.124. The zero-order valence-corrected chi connectivity index (χ0v) is 16.3. The summed E-state index contributed by atoms with van der Waals surface area (Å²) in [5, 5.41) is 12.6. The van der Waals surface area contributed by atoms with E-state index >= 15 is 0 Å². The highest BCUT2D eigenvalue weighted by atomic mass is 32.2. The van der Waals surface area contributed by atoms with E-state index in [1.165, 1.54) is 31.0 Å². The van der Waals surface area contributed by atoms with Crippen LogP contribution in [0.15, 0.2) is 71.6 Å². The third-order valence-electron chi connectivity index (χ3n) is 4.50. The predicted octanol–water partition coefficient (Wildman–Crippen LogP) is 4.77. The van der Waals surface area contributed by atoms with Gasteiger partial charge in [-0.2, -0.15) is 0 Å². The van der Waals surface area contributed by atoms with Gasteiger partial charge in [-0.1, -0.05) is 24.3 Å². The van der Waals surface area contributed by atoms with Crippen molar-refractivity contribution >= 4 is 23.4 Å². The van der Waals surface area contributed by atoms with Gasteiger partial charge in [0.1, 0.15) is 17.6 Å². The number of thioether (sulfide) groups is 1. The second kappa shape index (κ2) is 8.14. The minimum atomic E-state index is -1.35. The highest BCUT2D eigenvalue weighted by Crippen LogP contribution is 2.45. The molecule has 1 amide bonds. The standard InChI is InChI=1S/C22H18FNO4S/c1-27-18-10-7-13(11-16(18)23)21-20(25)22(26)24-17-9-8-15(12-19(17)29-21)28-14-5-3-2-4-6-14/h2-12,20-21,25H,1H3,(H,24,26)/t20-,21+/m1/s1. The first-order chi connectivity index (χ1) is 14.0. The molecule has 3 aromatic carbocycles. The van der Waals surface area contributed by atoms with Crippen LogP contribution in [0, 0.1) is 5.82 Å². The van der Waals surface area contributed by atoms with Crippen molar-refractivity contribution in [3.8, 4) is 17.2 Å². The average Bonchev–Trinajstić information content (AvgIpc) is 2.85. The van der Waals surface area contributed by atoms with Crippen molar-refractivity contribution in [1.82, 2.24) is 0 Å². The van der Waals surface area contributed by atoms with Crippen LogP contribution in [0.2, 0.25) is 0 Å². The van der Waals surface area contributed by atoms with Gasteiger partial charge >= 0.3 is 0 Å². The molecule has 1 aliphatic heterocycles. The normalized spacial score (nSPS) is 18.4. The van der Waals surface area contributed by atoms with Crippen LogP contribution in [0.4, 0.5) is 10.1 Å². The van der Waals surface area contributed by atoms with Gasteiger partial charge in [-0.05, 0) is 48.0 Å². The summed E-state index contributed by atoms with van der Waals surface area (Å²) >= 11 is 1.27. The van der Waals surface area contributed by atoms with Crippen LogP contribution in [0.3, 0.4) is 0 Å². The Bertz CT molecular complexity index is 1040. The number of hydrogen-bond donors (Lipinski definition) is 2. The first-order valence-corrected chi connectivity index (χ1v) is 9.79. The number of fused-ring (bicyclic) bond motifs is 1. The maximum Gasteiger partial charge on any atom is 0.254 e. The first kappa shape index (κ1) is 19.3. The quantitative estimate of drug-likeness (QED) is 0.647. The Balaban J connectivity index is 1.67. The molecule has 0 spiro atoms. The molecule has 1 aliphatic rings. The Morgan fingerprint density at radius 2 is 1.83 bits per heavy atom. The largest absolute Gasteiger partial charge is 0.494 e. The molecule has 0 aromatic heterocycles. The Labute approximate surface area is 171 Å². The number of amides is 1. The second-order valence-corrected chi connectivity index (χ2v) is 7.62. The maximum atomic E-state index is 14.2. The molecule has 7 heteroatoms. The molecule has 148 valence electrons. The molecule has 3 aromatic rings. The molecule has 0 bridgehead atoms. The van der Waals surface area contributed by atoms with E-state index in [0.29, 0.717) is 27.6 Å². The number of aliphatic hydroxyl groups is 1. The summed E-state index contributed by atoms with van der Waals surface area (Å²) < 4.78 is 25.0. The molecule has 29 heavy (non-hydrogen) atoms. The van der Waals surface area contributed by atoms with Gasteiger partial charge < -0.3 is 19.9 Å². The highest BCUT2D eigenvalue weighted by molar-refractivity contribution is 7.99. The fourth-order valence-corrected chi connectivity index (χ4v) is 4.29. The fraction of sp³-hybridized carbons (Fsp3) is 0.136. The summed E-state index contributed by atoms with van der Waals surface area (Å²) in [5.74, 6) is 0.278. The number of hydrogen-bond acceptors (Lipinski definition) is 5. The topological polar surface area (TPSA) is 67.8 Å². The number of rotatable bonds is 4. The number of nitrogens with one attached hydrogen (secondary N) is 1. The lowest BCUT2D eigenvalue weighted by Gasteiger charge is -2.19. The number of methoxy groups -OCH3 is 1. The molecule has 5 nitrogen and oxygen atoms in total. The molecule has 0 saturated carbocycles. The first-order valence-electron chi connectivity index (χ1n) is 8.91. The number of carbonyl (C=O) groups is 1. The molecular weight excluding hydrogens is 393 g/mol. The molecule has 1 heterocycles. The molecule has 0 radical (unpaired) electrons. The number of ether oxygens (including phenoxy) is 2. The lowest BCUT2D eigenvalue weighted by Crippen LogP contribution is -2.30. The number of para-hydroxylation sites is 1. The van der Waals surface area contributed by atoms with Crippen LogP contribution < -0.4 is 14.8 Å². The number of aliphatic hydroxyl groups excluding tert-OH is 1. The van der Waals surface area contributed by atoms with E-state index < -0.39 is 23.1 Å². The van der Waals surface area contributed by atoms with E-state index in [0.717, 1.165) is 0 Å². The second-order valence-electron chi connectivity index (χ2n) is 6.44. The van der Waals surface area contributed by atoms with E-state index in [1.807, 2.05) is 30.3 Å². The molecule has 2 atom stereocenters. The molecule has 0 saturated heterocycles. The smallest absolute Gasteiger partial charge is 0.254 e. The third-order valence-corrected chi connectivity index (χ3v) is 5.88. The van der Waals surface area contributed by atoms with Crippen LogP contribution >= 0.6 is 11.8 Å². The maximum absolute atomic E-state index is 14.2. The highest BCUT2D eigenvalue weighted by Gasteiger charge is 2.33. The van der Waals surface area contributed by atoms with E-state index in [9.17, 15) is 14.3 Å². The number of benzene rings is 3. The van der Waals surface area contributed by atoms with Gasteiger partial charge in [-0.15, -0.1) is 11.8 Å². The molecule has 2 N–H and O–H groups in total. The lowest BCUT2D eigenvalue weighted by atomic mass is 10.1. The van der Waals surface area contributed by atoms with Gasteiger partial charge in [0.15, 0.2) is 11.6 Å². The van der Waals surface area contributed by atoms with Crippen molar-refractivity contribution in [3.05, 3.63) is 78.1 Å². The minimum absolute atomic E-state index is 0.102. The molecule has 4 rings (SSSR count). The average molecular weight is 411 g/mol. The predicted molar refractivity (Wildman–Crippen MR) is 109 cm³/mol. The number of halogens is 1. The van der Waals surface area contributed by atoms with E-state index in [1.54, 1.807) is 24.3 Å². The summed E-state index contributed by atoms with van der Waals surface area (Å²) in [7, 11) is 1.38. The molecule has 0 fully saturated rings. The van der Waals surface area contributed by atoms with Gasteiger partial charge in [0, 0.05) is 4.90 Å². The summed E-state index contributed by atoms with van der Waals surface area (Å²) in [6.45, 7) is 0. The zero-order valence-electron chi connectivity index (χ0n) is 15.5. The third kappa shape index (κ3) is 4.06. The van der Waals surface area contributed by atoms with Gasteiger partial charge in [0.05, 0.1) is 18.0 Å². The van der Waals surface area contributed by atoms with Crippen LogP contribution in [0.5, 0.6) is 17.2 Å². The Kier molecular flexibility index (Phi) is 5.42. The van der Waals surface area contributed by atoms with Crippen LogP contribution in [-0.2, 0) is 4.79 Å². The van der Waals surface area contributed by atoms with Gasteiger partial charge in [-0.3, -0.25) is 4.79 Å².